The first kappa shape index (κ1) is 18.9. The monoisotopic (exact) mass is 367 g/mol. The van der Waals surface area contributed by atoms with Crippen LogP contribution in [-0.4, -0.2) is 36.5 Å². The van der Waals surface area contributed by atoms with Gasteiger partial charge in [-0.3, -0.25) is 14.6 Å². The SMILES string of the molecule is COc1ccc(CCNC(=O)c2cc(C(=O)NC3CCCC3)ccn2)cc1. The lowest BCUT2D eigenvalue weighted by molar-refractivity contribution is 0.0937. The summed E-state index contributed by atoms with van der Waals surface area (Å²) in [7, 11) is 1.63. The first-order valence-electron chi connectivity index (χ1n) is 9.34. The van der Waals surface area contributed by atoms with Crippen LogP contribution in [0.2, 0.25) is 0 Å². The summed E-state index contributed by atoms with van der Waals surface area (Å²) in [6.45, 7) is 0.491. The van der Waals surface area contributed by atoms with Crippen molar-refractivity contribution < 1.29 is 14.3 Å². The number of rotatable bonds is 7. The molecule has 1 aromatic carbocycles. The molecule has 6 nitrogen and oxygen atoms in total. The maximum absolute atomic E-state index is 12.3. The molecule has 1 fully saturated rings. The van der Waals surface area contributed by atoms with Crippen LogP contribution in [0.4, 0.5) is 0 Å². The molecule has 1 saturated carbocycles. The number of ether oxygens (including phenoxy) is 1. The standard InChI is InChI=1S/C21H25N3O3/c1-27-18-8-6-15(7-9-18)10-12-23-21(26)19-14-16(11-13-22-19)20(25)24-17-4-2-3-5-17/h6-9,11,13-14,17H,2-5,10,12H2,1H3,(H,23,26)(H,24,25). The van der Waals surface area contributed by atoms with Crippen LogP contribution in [0.3, 0.4) is 0 Å². The van der Waals surface area contributed by atoms with Crippen molar-refractivity contribution in [1.29, 1.82) is 0 Å². The number of benzene rings is 1. The third kappa shape index (κ3) is 5.29. The third-order valence-corrected chi connectivity index (χ3v) is 4.80. The van der Waals surface area contributed by atoms with E-state index in [0.29, 0.717) is 18.5 Å². The average molecular weight is 367 g/mol. The minimum absolute atomic E-state index is 0.142. The van der Waals surface area contributed by atoms with Gasteiger partial charge in [0.25, 0.3) is 11.8 Å². The van der Waals surface area contributed by atoms with E-state index < -0.39 is 0 Å². The van der Waals surface area contributed by atoms with Crippen LogP contribution in [0.25, 0.3) is 0 Å². The number of aromatic nitrogens is 1. The summed E-state index contributed by atoms with van der Waals surface area (Å²) in [5.41, 5.74) is 1.83. The van der Waals surface area contributed by atoms with Gasteiger partial charge in [-0.25, -0.2) is 0 Å². The number of carbonyl (C=O) groups is 2. The topological polar surface area (TPSA) is 80.3 Å². The van der Waals surface area contributed by atoms with Crippen molar-refractivity contribution in [2.45, 2.75) is 38.1 Å². The molecule has 1 heterocycles. The van der Waals surface area contributed by atoms with Crippen LogP contribution < -0.4 is 15.4 Å². The van der Waals surface area contributed by atoms with Gasteiger partial charge >= 0.3 is 0 Å². The molecule has 0 saturated heterocycles. The van der Waals surface area contributed by atoms with Gasteiger partial charge in [-0.2, -0.15) is 0 Å². The molecule has 2 amide bonds. The zero-order chi connectivity index (χ0) is 19.1. The molecule has 2 N–H and O–H groups in total. The van der Waals surface area contributed by atoms with Gasteiger partial charge in [-0.05, 0) is 49.1 Å². The fraction of sp³-hybridized carbons (Fsp3) is 0.381. The second kappa shape index (κ2) is 9.16. The van der Waals surface area contributed by atoms with Crippen molar-refractivity contribution >= 4 is 11.8 Å². The lowest BCUT2D eigenvalue weighted by Gasteiger charge is -2.12. The summed E-state index contributed by atoms with van der Waals surface area (Å²) < 4.78 is 5.13. The van der Waals surface area contributed by atoms with Crippen LogP contribution >= 0.6 is 0 Å². The maximum Gasteiger partial charge on any atom is 0.269 e. The molecule has 1 aromatic heterocycles. The quantitative estimate of drug-likeness (QED) is 0.789. The fourth-order valence-electron chi connectivity index (χ4n) is 3.24. The van der Waals surface area contributed by atoms with Gasteiger partial charge in [0.1, 0.15) is 11.4 Å². The second-order valence-electron chi connectivity index (χ2n) is 6.74. The Morgan fingerprint density at radius 1 is 1.11 bits per heavy atom. The van der Waals surface area contributed by atoms with Crippen molar-refractivity contribution in [3.05, 3.63) is 59.4 Å². The van der Waals surface area contributed by atoms with E-state index in [2.05, 4.69) is 15.6 Å². The normalized spacial score (nSPS) is 14.0. The van der Waals surface area contributed by atoms with Crippen LogP contribution in [0.5, 0.6) is 5.75 Å². The highest BCUT2D eigenvalue weighted by Crippen LogP contribution is 2.18. The van der Waals surface area contributed by atoms with Gasteiger partial charge in [-0.15, -0.1) is 0 Å². The van der Waals surface area contributed by atoms with E-state index in [-0.39, 0.29) is 23.6 Å². The molecule has 0 atom stereocenters. The van der Waals surface area contributed by atoms with Crippen molar-refractivity contribution in [3.8, 4) is 5.75 Å². The zero-order valence-electron chi connectivity index (χ0n) is 15.5. The Balaban J connectivity index is 1.52. The summed E-state index contributed by atoms with van der Waals surface area (Å²) in [6, 6.07) is 11.2. The van der Waals surface area contributed by atoms with E-state index >= 15 is 0 Å². The largest absolute Gasteiger partial charge is 0.497 e. The number of methoxy groups -OCH3 is 1. The molecule has 0 radical (unpaired) electrons. The zero-order valence-corrected chi connectivity index (χ0v) is 15.5. The fourth-order valence-corrected chi connectivity index (χ4v) is 3.24. The Labute approximate surface area is 159 Å². The summed E-state index contributed by atoms with van der Waals surface area (Å²) in [6.07, 6.45) is 6.57. The number of pyridine rings is 1. The minimum atomic E-state index is -0.279. The molecule has 0 unspecified atom stereocenters. The van der Waals surface area contributed by atoms with E-state index in [1.165, 1.54) is 6.20 Å². The molecule has 27 heavy (non-hydrogen) atoms. The molecular weight excluding hydrogens is 342 g/mol. The van der Waals surface area contributed by atoms with E-state index in [1.54, 1.807) is 19.2 Å². The predicted octanol–water partition coefficient (Wildman–Crippen LogP) is 2.74. The minimum Gasteiger partial charge on any atom is -0.497 e. The van der Waals surface area contributed by atoms with Crippen molar-refractivity contribution in [1.82, 2.24) is 15.6 Å². The van der Waals surface area contributed by atoms with E-state index in [4.69, 9.17) is 4.74 Å². The lowest BCUT2D eigenvalue weighted by atomic mass is 10.1. The van der Waals surface area contributed by atoms with Crippen LogP contribution in [0.15, 0.2) is 42.6 Å². The van der Waals surface area contributed by atoms with Crippen LogP contribution in [0.1, 0.15) is 52.1 Å². The molecule has 142 valence electrons. The Hall–Kier alpha value is -2.89. The Morgan fingerprint density at radius 3 is 2.56 bits per heavy atom. The Morgan fingerprint density at radius 2 is 1.85 bits per heavy atom. The van der Waals surface area contributed by atoms with Crippen molar-refractivity contribution in [2.24, 2.45) is 0 Å². The smallest absolute Gasteiger partial charge is 0.269 e. The first-order valence-corrected chi connectivity index (χ1v) is 9.34. The molecule has 0 bridgehead atoms. The number of amides is 2. The molecule has 0 spiro atoms. The Kier molecular flexibility index (Phi) is 6.41. The summed E-state index contributed by atoms with van der Waals surface area (Å²) >= 11 is 0. The number of hydrogen-bond acceptors (Lipinski definition) is 4. The average Bonchev–Trinajstić information content (AvgIpc) is 3.21. The molecule has 3 rings (SSSR count). The highest BCUT2D eigenvalue weighted by atomic mass is 16.5. The van der Waals surface area contributed by atoms with E-state index in [9.17, 15) is 9.59 Å². The number of nitrogens with one attached hydrogen (secondary N) is 2. The molecule has 0 aliphatic heterocycles. The van der Waals surface area contributed by atoms with Crippen molar-refractivity contribution in [3.63, 3.8) is 0 Å². The summed E-state index contributed by atoms with van der Waals surface area (Å²) in [5, 5.41) is 5.88. The van der Waals surface area contributed by atoms with Gasteiger partial charge < -0.3 is 15.4 Å². The molecule has 6 heteroatoms. The first-order chi connectivity index (χ1) is 13.2. The number of nitrogens with zero attached hydrogens (tertiary/aromatic N) is 1. The van der Waals surface area contributed by atoms with Crippen LogP contribution in [0, 0.1) is 0 Å². The molecule has 1 aliphatic rings. The third-order valence-electron chi connectivity index (χ3n) is 4.80. The predicted molar refractivity (Wildman–Crippen MR) is 103 cm³/mol. The summed E-state index contributed by atoms with van der Waals surface area (Å²) in [5.74, 6) is 0.385. The van der Waals surface area contributed by atoms with E-state index in [0.717, 1.165) is 37.0 Å². The van der Waals surface area contributed by atoms with E-state index in [1.807, 2.05) is 24.3 Å². The molecule has 1 aliphatic carbocycles. The van der Waals surface area contributed by atoms with Gasteiger partial charge in [0, 0.05) is 24.3 Å². The van der Waals surface area contributed by atoms with Crippen LogP contribution in [-0.2, 0) is 6.42 Å². The highest BCUT2D eigenvalue weighted by Gasteiger charge is 2.19. The molecular formula is C21H25N3O3. The summed E-state index contributed by atoms with van der Waals surface area (Å²) in [4.78, 5) is 28.8. The highest BCUT2D eigenvalue weighted by molar-refractivity contribution is 5.98. The Bertz CT molecular complexity index is 784. The number of hydrogen-bond donors (Lipinski definition) is 2. The van der Waals surface area contributed by atoms with Crippen molar-refractivity contribution in [2.75, 3.05) is 13.7 Å². The van der Waals surface area contributed by atoms with Gasteiger partial charge in [0.2, 0.25) is 0 Å². The lowest BCUT2D eigenvalue weighted by Crippen LogP contribution is -2.33. The van der Waals surface area contributed by atoms with Gasteiger partial charge in [0.15, 0.2) is 0 Å². The maximum atomic E-state index is 12.3. The van der Waals surface area contributed by atoms with Gasteiger partial charge in [-0.1, -0.05) is 25.0 Å². The molecule has 2 aromatic rings. The second-order valence-corrected chi connectivity index (χ2v) is 6.74. The number of carbonyl (C=O) groups excluding carboxylic acids is 2. The van der Waals surface area contributed by atoms with Gasteiger partial charge in [0.05, 0.1) is 7.11 Å².